The Morgan fingerprint density at radius 2 is 2.07 bits per heavy atom. The number of likely N-dealkylation sites (N-methyl/N-ethyl adjacent to an activating group) is 1. The molecule has 1 heterocycles. The molecule has 2 rings (SSSR count). The van der Waals surface area contributed by atoms with Crippen LogP contribution in [0, 0.1) is 10.1 Å². The lowest BCUT2D eigenvalue weighted by Crippen LogP contribution is -2.24. The maximum atomic E-state index is 12.2. The van der Waals surface area contributed by atoms with Crippen LogP contribution in [0.25, 0.3) is 6.08 Å². The number of rotatable bonds is 9. The topological polar surface area (TPSA) is 89.8 Å². The molecular weight excluding hydrogens is 368 g/mol. The van der Waals surface area contributed by atoms with E-state index in [1.807, 2.05) is 29.5 Å². The monoisotopic (exact) mass is 388 g/mol. The minimum atomic E-state index is -0.737. The number of hydrogen-bond donors (Lipinski definition) is 0. The van der Waals surface area contributed by atoms with E-state index in [1.54, 1.807) is 17.4 Å². The molecule has 0 saturated heterocycles. The smallest absolute Gasteiger partial charge is 0.341 e. The van der Waals surface area contributed by atoms with Gasteiger partial charge in [-0.3, -0.25) is 19.8 Å². The zero-order valence-corrected chi connectivity index (χ0v) is 15.9. The van der Waals surface area contributed by atoms with Crippen LogP contribution >= 0.6 is 11.3 Å². The number of ketones is 1. The van der Waals surface area contributed by atoms with Gasteiger partial charge in [-0.25, -0.2) is 4.79 Å². The second kappa shape index (κ2) is 9.75. The van der Waals surface area contributed by atoms with Gasteiger partial charge in [0.1, 0.15) is 12.2 Å². The summed E-state index contributed by atoms with van der Waals surface area (Å²) in [5.41, 5.74) is 0.132. The first-order valence-corrected chi connectivity index (χ1v) is 9.10. The predicted octanol–water partition coefficient (Wildman–Crippen LogP) is 3.30. The summed E-state index contributed by atoms with van der Waals surface area (Å²) >= 11 is 1.65. The number of thiophene rings is 1. The van der Waals surface area contributed by atoms with Gasteiger partial charge in [0, 0.05) is 30.1 Å². The van der Waals surface area contributed by atoms with Crippen molar-refractivity contribution in [2.75, 3.05) is 20.2 Å². The molecule has 0 fully saturated rings. The van der Waals surface area contributed by atoms with Crippen LogP contribution < -0.4 is 0 Å². The Balaban J connectivity index is 1.97. The van der Waals surface area contributed by atoms with Crippen molar-refractivity contribution in [1.82, 2.24) is 4.90 Å². The maximum absolute atomic E-state index is 12.2. The van der Waals surface area contributed by atoms with Gasteiger partial charge in [0.15, 0.2) is 5.78 Å². The van der Waals surface area contributed by atoms with Gasteiger partial charge in [0.2, 0.25) is 0 Å². The van der Waals surface area contributed by atoms with E-state index in [1.165, 1.54) is 36.1 Å². The first-order chi connectivity index (χ1) is 12.9. The SMILES string of the molecule is CC(=O)/C(=C\c1cccc([N+](=O)[O-])c1)C(=O)OCCN(C)Cc1cccs1. The number of nitro benzene ring substituents is 1. The number of esters is 1. The van der Waals surface area contributed by atoms with Gasteiger partial charge in [-0.05, 0) is 37.1 Å². The Labute approximate surface area is 161 Å². The number of nitrogens with zero attached hydrogens (tertiary/aromatic N) is 2. The number of Topliss-reactive ketones (excluding diaryl/α,β-unsaturated/α-hetero) is 1. The van der Waals surface area contributed by atoms with Gasteiger partial charge in [0.05, 0.1) is 4.92 Å². The zero-order chi connectivity index (χ0) is 19.8. The van der Waals surface area contributed by atoms with Crippen LogP contribution in [-0.2, 0) is 20.9 Å². The lowest BCUT2D eigenvalue weighted by molar-refractivity contribution is -0.384. The lowest BCUT2D eigenvalue weighted by Gasteiger charge is -2.15. The van der Waals surface area contributed by atoms with Gasteiger partial charge >= 0.3 is 5.97 Å². The molecule has 1 aromatic carbocycles. The second-order valence-corrected chi connectivity index (χ2v) is 6.95. The van der Waals surface area contributed by atoms with Crippen LogP contribution in [0.1, 0.15) is 17.4 Å². The summed E-state index contributed by atoms with van der Waals surface area (Å²) in [7, 11) is 1.92. The van der Waals surface area contributed by atoms with Gasteiger partial charge in [-0.1, -0.05) is 18.2 Å². The normalized spacial score (nSPS) is 11.4. The molecule has 0 aliphatic rings. The molecule has 0 aliphatic heterocycles. The summed E-state index contributed by atoms with van der Waals surface area (Å²) < 4.78 is 5.21. The number of carbonyl (C=O) groups excluding carboxylic acids is 2. The molecule has 142 valence electrons. The van der Waals surface area contributed by atoms with Gasteiger partial charge in [0.25, 0.3) is 5.69 Å². The van der Waals surface area contributed by atoms with E-state index in [0.29, 0.717) is 12.1 Å². The minimum Gasteiger partial charge on any atom is -0.461 e. The number of non-ortho nitro benzene ring substituents is 1. The summed E-state index contributed by atoms with van der Waals surface area (Å²) in [6, 6.07) is 9.72. The van der Waals surface area contributed by atoms with Crippen molar-refractivity contribution in [3.05, 3.63) is 67.9 Å². The molecule has 0 aliphatic carbocycles. The number of hydrogen-bond acceptors (Lipinski definition) is 7. The standard InChI is InChI=1S/C19H20N2O5S/c1-14(22)18(12-15-5-3-6-16(11-15)21(24)25)19(23)26-9-8-20(2)13-17-7-4-10-27-17/h3-7,10-12H,8-9,13H2,1-2H3/b18-12+. The zero-order valence-electron chi connectivity index (χ0n) is 15.1. The molecule has 7 nitrogen and oxygen atoms in total. The summed E-state index contributed by atoms with van der Waals surface area (Å²) in [6.45, 7) is 2.66. The van der Waals surface area contributed by atoms with Crippen molar-refractivity contribution < 1.29 is 19.2 Å². The predicted molar refractivity (Wildman–Crippen MR) is 103 cm³/mol. The van der Waals surface area contributed by atoms with E-state index in [4.69, 9.17) is 4.74 Å². The molecule has 0 spiro atoms. The first kappa shape index (κ1) is 20.5. The third kappa shape index (κ3) is 6.43. The summed E-state index contributed by atoms with van der Waals surface area (Å²) in [5.74, 6) is -1.20. The van der Waals surface area contributed by atoms with Crippen molar-refractivity contribution in [3.8, 4) is 0 Å². The highest BCUT2D eigenvalue weighted by Gasteiger charge is 2.17. The van der Waals surface area contributed by atoms with Crippen molar-refractivity contribution in [2.24, 2.45) is 0 Å². The summed E-state index contributed by atoms with van der Waals surface area (Å²) in [6.07, 6.45) is 1.31. The minimum absolute atomic E-state index is 0.116. The molecule has 0 radical (unpaired) electrons. The van der Waals surface area contributed by atoms with Crippen molar-refractivity contribution in [3.63, 3.8) is 0 Å². The Hall–Kier alpha value is -2.84. The molecular formula is C19H20N2O5S. The average Bonchev–Trinajstić information content (AvgIpc) is 3.12. The van der Waals surface area contributed by atoms with Crippen LogP contribution in [0.2, 0.25) is 0 Å². The number of nitro groups is 1. The molecule has 0 bridgehead atoms. The van der Waals surface area contributed by atoms with Crippen LogP contribution in [0.3, 0.4) is 0 Å². The van der Waals surface area contributed by atoms with Crippen LogP contribution in [0.4, 0.5) is 5.69 Å². The van der Waals surface area contributed by atoms with Crippen molar-refractivity contribution in [2.45, 2.75) is 13.5 Å². The fraction of sp³-hybridized carbons (Fsp3) is 0.263. The lowest BCUT2D eigenvalue weighted by atomic mass is 10.1. The second-order valence-electron chi connectivity index (χ2n) is 5.92. The third-order valence-electron chi connectivity index (χ3n) is 3.70. The largest absolute Gasteiger partial charge is 0.461 e. The molecule has 0 atom stereocenters. The van der Waals surface area contributed by atoms with Crippen LogP contribution in [0.5, 0.6) is 0 Å². The van der Waals surface area contributed by atoms with Crippen LogP contribution in [0.15, 0.2) is 47.4 Å². The fourth-order valence-electron chi connectivity index (χ4n) is 2.32. The molecule has 0 unspecified atom stereocenters. The highest BCUT2D eigenvalue weighted by atomic mass is 32.1. The first-order valence-electron chi connectivity index (χ1n) is 8.22. The van der Waals surface area contributed by atoms with Gasteiger partial charge in [-0.2, -0.15) is 0 Å². The number of benzene rings is 1. The van der Waals surface area contributed by atoms with E-state index < -0.39 is 16.7 Å². The number of carbonyl (C=O) groups is 2. The van der Waals surface area contributed by atoms with Crippen molar-refractivity contribution in [1.29, 1.82) is 0 Å². The highest BCUT2D eigenvalue weighted by molar-refractivity contribution is 7.09. The average molecular weight is 388 g/mol. The highest BCUT2D eigenvalue weighted by Crippen LogP contribution is 2.17. The quantitative estimate of drug-likeness (QED) is 0.163. The molecule has 8 heteroatoms. The van der Waals surface area contributed by atoms with Gasteiger partial charge < -0.3 is 4.74 Å². The molecule has 27 heavy (non-hydrogen) atoms. The third-order valence-corrected chi connectivity index (χ3v) is 4.56. The molecule has 0 amide bonds. The molecule has 0 saturated carbocycles. The van der Waals surface area contributed by atoms with E-state index >= 15 is 0 Å². The maximum Gasteiger partial charge on any atom is 0.341 e. The van der Waals surface area contributed by atoms with Crippen LogP contribution in [-0.4, -0.2) is 41.8 Å². The Kier molecular flexibility index (Phi) is 7.39. The molecule has 2 aromatic rings. The van der Waals surface area contributed by atoms with Gasteiger partial charge in [-0.15, -0.1) is 11.3 Å². The van der Waals surface area contributed by atoms with E-state index in [2.05, 4.69) is 0 Å². The Morgan fingerprint density at radius 3 is 2.70 bits per heavy atom. The fourth-order valence-corrected chi connectivity index (χ4v) is 3.10. The molecule has 1 aromatic heterocycles. The summed E-state index contributed by atoms with van der Waals surface area (Å²) in [4.78, 5) is 37.6. The van der Waals surface area contributed by atoms with Crippen molar-refractivity contribution >= 4 is 34.9 Å². The van der Waals surface area contributed by atoms with E-state index in [-0.39, 0.29) is 17.9 Å². The Morgan fingerprint density at radius 1 is 1.30 bits per heavy atom. The number of ether oxygens (including phenoxy) is 1. The Bertz CT molecular complexity index is 846. The van der Waals surface area contributed by atoms with E-state index in [9.17, 15) is 19.7 Å². The summed E-state index contributed by atoms with van der Waals surface area (Å²) in [5, 5.41) is 12.8. The van der Waals surface area contributed by atoms with E-state index in [0.717, 1.165) is 6.54 Å². The molecule has 0 N–H and O–H groups in total.